The summed E-state index contributed by atoms with van der Waals surface area (Å²) >= 11 is 5.98. The van der Waals surface area contributed by atoms with Crippen molar-refractivity contribution < 1.29 is 0 Å². The van der Waals surface area contributed by atoms with E-state index in [-0.39, 0.29) is 0 Å². The molecule has 1 aliphatic carbocycles. The topological polar surface area (TPSA) is 12.0 Å². The predicted molar refractivity (Wildman–Crippen MR) is 83.6 cm³/mol. The highest BCUT2D eigenvalue weighted by atomic mass is 35.5. The maximum absolute atomic E-state index is 5.98. The molecule has 0 aliphatic heterocycles. The summed E-state index contributed by atoms with van der Waals surface area (Å²) in [5.74, 6) is 1.57. The van der Waals surface area contributed by atoms with Crippen LogP contribution in [0.3, 0.4) is 0 Å². The smallest absolute Gasteiger partial charge is 0.0406 e. The van der Waals surface area contributed by atoms with E-state index in [1.165, 1.54) is 24.8 Å². The van der Waals surface area contributed by atoms with E-state index in [9.17, 15) is 0 Å². The average Bonchev–Trinajstić information content (AvgIpc) is 2.40. The standard InChI is InChI=1S/C17H26ClN/c1-4-16(14-8-10-15(18)11-9-14)19-17-12(2)6-5-7-13(17)3/h8-13,16-17,19H,4-7H2,1-3H3. The van der Waals surface area contributed by atoms with Gasteiger partial charge in [-0.15, -0.1) is 0 Å². The van der Waals surface area contributed by atoms with Gasteiger partial charge in [0.1, 0.15) is 0 Å². The highest BCUT2D eigenvalue weighted by Crippen LogP contribution is 2.31. The molecule has 1 aromatic carbocycles. The van der Waals surface area contributed by atoms with Gasteiger partial charge < -0.3 is 5.32 Å². The van der Waals surface area contributed by atoms with Gasteiger partial charge in [-0.05, 0) is 48.8 Å². The van der Waals surface area contributed by atoms with Crippen LogP contribution in [0.1, 0.15) is 58.1 Å². The van der Waals surface area contributed by atoms with Gasteiger partial charge in [-0.25, -0.2) is 0 Å². The Morgan fingerprint density at radius 3 is 2.26 bits per heavy atom. The van der Waals surface area contributed by atoms with Crippen molar-refractivity contribution in [2.24, 2.45) is 11.8 Å². The van der Waals surface area contributed by atoms with Gasteiger partial charge in [0.2, 0.25) is 0 Å². The van der Waals surface area contributed by atoms with Gasteiger partial charge in [0.25, 0.3) is 0 Å². The molecular weight excluding hydrogens is 254 g/mol. The monoisotopic (exact) mass is 279 g/mol. The second-order valence-corrected chi connectivity index (χ2v) is 6.53. The van der Waals surface area contributed by atoms with Crippen molar-refractivity contribution in [1.82, 2.24) is 5.32 Å². The van der Waals surface area contributed by atoms with Crippen LogP contribution in [0.2, 0.25) is 5.02 Å². The number of hydrogen-bond acceptors (Lipinski definition) is 1. The molecular formula is C17H26ClN. The van der Waals surface area contributed by atoms with E-state index >= 15 is 0 Å². The molecule has 2 rings (SSSR count). The lowest BCUT2D eigenvalue weighted by atomic mass is 9.78. The quantitative estimate of drug-likeness (QED) is 0.798. The van der Waals surface area contributed by atoms with Crippen molar-refractivity contribution in [3.05, 3.63) is 34.9 Å². The minimum absolute atomic E-state index is 0.449. The Labute approximate surface area is 122 Å². The fourth-order valence-electron chi connectivity index (χ4n) is 3.39. The molecule has 3 atom stereocenters. The first-order chi connectivity index (χ1) is 9.11. The minimum Gasteiger partial charge on any atom is -0.307 e. The summed E-state index contributed by atoms with van der Waals surface area (Å²) < 4.78 is 0. The SMILES string of the molecule is CCC(NC1C(C)CCCC1C)c1ccc(Cl)cc1. The molecule has 0 bridgehead atoms. The van der Waals surface area contributed by atoms with E-state index in [4.69, 9.17) is 11.6 Å². The van der Waals surface area contributed by atoms with Crippen LogP contribution in [0.15, 0.2) is 24.3 Å². The fourth-order valence-corrected chi connectivity index (χ4v) is 3.51. The maximum Gasteiger partial charge on any atom is 0.0406 e. The molecule has 106 valence electrons. The Kier molecular flexibility index (Phi) is 5.29. The van der Waals surface area contributed by atoms with Crippen LogP contribution in [0, 0.1) is 11.8 Å². The Morgan fingerprint density at radius 2 is 1.74 bits per heavy atom. The first kappa shape index (κ1) is 14.9. The molecule has 19 heavy (non-hydrogen) atoms. The van der Waals surface area contributed by atoms with Crippen LogP contribution in [-0.4, -0.2) is 6.04 Å². The molecule has 3 unspecified atom stereocenters. The number of nitrogens with one attached hydrogen (secondary N) is 1. The van der Waals surface area contributed by atoms with Crippen LogP contribution in [0.5, 0.6) is 0 Å². The summed E-state index contributed by atoms with van der Waals surface area (Å²) in [6.45, 7) is 7.04. The lowest BCUT2D eigenvalue weighted by Gasteiger charge is -2.38. The van der Waals surface area contributed by atoms with Gasteiger partial charge in [0.05, 0.1) is 0 Å². The van der Waals surface area contributed by atoms with E-state index in [1.54, 1.807) is 0 Å². The molecule has 1 nitrogen and oxygen atoms in total. The highest BCUT2D eigenvalue weighted by Gasteiger charge is 2.29. The van der Waals surface area contributed by atoms with E-state index in [1.807, 2.05) is 12.1 Å². The zero-order valence-corrected chi connectivity index (χ0v) is 13.1. The molecule has 1 aromatic rings. The van der Waals surface area contributed by atoms with Crippen LogP contribution in [-0.2, 0) is 0 Å². The van der Waals surface area contributed by atoms with Crippen molar-refractivity contribution >= 4 is 11.6 Å². The minimum atomic E-state index is 0.449. The average molecular weight is 280 g/mol. The Balaban J connectivity index is 2.07. The third kappa shape index (κ3) is 3.73. The molecule has 1 N–H and O–H groups in total. The van der Waals surface area contributed by atoms with E-state index in [0.717, 1.165) is 23.3 Å². The lowest BCUT2D eigenvalue weighted by molar-refractivity contribution is 0.191. The first-order valence-corrected chi connectivity index (χ1v) is 8.01. The summed E-state index contributed by atoms with van der Waals surface area (Å²) in [6.07, 6.45) is 5.23. The van der Waals surface area contributed by atoms with E-state index in [2.05, 4.69) is 38.2 Å². The second-order valence-electron chi connectivity index (χ2n) is 6.09. The van der Waals surface area contributed by atoms with Gasteiger partial charge in [-0.2, -0.15) is 0 Å². The van der Waals surface area contributed by atoms with Crippen molar-refractivity contribution in [3.63, 3.8) is 0 Å². The van der Waals surface area contributed by atoms with Crippen molar-refractivity contribution in [1.29, 1.82) is 0 Å². The number of rotatable bonds is 4. The molecule has 0 aromatic heterocycles. The third-order valence-corrected chi connectivity index (χ3v) is 4.87. The van der Waals surface area contributed by atoms with Crippen LogP contribution >= 0.6 is 11.6 Å². The summed E-state index contributed by atoms with van der Waals surface area (Å²) in [5.41, 5.74) is 1.36. The van der Waals surface area contributed by atoms with Crippen LogP contribution < -0.4 is 5.32 Å². The summed E-state index contributed by atoms with van der Waals surface area (Å²) in [4.78, 5) is 0. The lowest BCUT2D eigenvalue weighted by Crippen LogP contribution is -2.44. The van der Waals surface area contributed by atoms with Crippen molar-refractivity contribution in [3.8, 4) is 0 Å². The molecule has 2 heteroatoms. The molecule has 0 radical (unpaired) electrons. The summed E-state index contributed by atoms with van der Waals surface area (Å²) in [7, 11) is 0. The second kappa shape index (κ2) is 6.76. The Morgan fingerprint density at radius 1 is 1.16 bits per heavy atom. The molecule has 1 saturated carbocycles. The van der Waals surface area contributed by atoms with Gasteiger partial charge in [-0.1, -0.05) is 50.9 Å². The summed E-state index contributed by atoms with van der Waals surface area (Å²) in [5, 5.41) is 4.72. The molecule has 1 aliphatic rings. The third-order valence-electron chi connectivity index (χ3n) is 4.62. The Bertz CT molecular complexity index is 377. The van der Waals surface area contributed by atoms with Gasteiger partial charge >= 0.3 is 0 Å². The molecule has 1 fully saturated rings. The largest absolute Gasteiger partial charge is 0.307 e. The van der Waals surface area contributed by atoms with E-state index < -0.39 is 0 Å². The highest BCUT2D eigenvalue weighted by molar-refractivity contribution is 6.30. The zero-order chi connectivity index (χ0) is 13.8. The van der Waals surface area contributed by atoms with Crippen molar-refractivity contribution in [2.75, 3.05) is 0 Å². The molecule has 0 heterocycles. The van der Waals surface area contributed by atoms with E-state index in [0.29, 0.717) is 12.1 Å². The number of halogens is 1. The van der Waals surface area contributed by atoms with Crippen molar-refractivity contribution in [2.45, 2.75) is 58.5 Å². The van der Waals surface area contributed by atoms with Gasteiger partial charge in [0.15, 0.2) is 0 Å². The number of hydrogen-bond donors (Lipinski definition) is 1. The zero-order valence-electron chi connectivity index (χ0n) is 12.3. The molecule has 0 spiro atoms. The first-order valence-electron chi connectivity index (χ1n) is 7.63. The maximum atomic E-state index is 5.98. The molecule has 0 saturated heterocycles. The van der Waals surface area contributed by atoms with Crippen LogP contribution in [0.25, 0.3) is 0 Å². The normalized spacial score (nSPS) is 29.2. The van der Waals surface area contributed by atoms with Crippen LogP contribution in [0.4, 0.5) is 0 Å². The summed E-state index contributed by atoms with van der Waals surface area (Å²) in [6, 6.07) is 9.40. The molecule has 0 amide bonds. The number of benzene rings is 1. The fraction of sp³-hybridized carbons (Fsp3) is 0.647. The van der Waals surface area contributed by atoms with Gasteiger partial charge in [0, 0.05) is 17.1 Å². The Hall–Kier alpha value is -0.530. The van der Waals surface area contributed by atoms with Gasteiger partial charge in [-0.3, -0.25) is 0 Å². The predicted octanol–water partition coefficient (Wildman–Crippen LogP) is 5.21.